The van der Waals surface area contributed by atoms with E-state index < -0.39 is 5.97 Å². The van der Waals surface area contributed by atoms with Gasteiger partial charge in [-0.2, -0.15) is 5.10 Å². The van der Waals surface area contributed by atoms with E-state index in [1.54, 1.807) is 6.20 Å². The number of aromatic carboxylic acids is 1. The fourth-order valence-corrected chi connectivity index (χ4v) is 7.41. The Morgan fingerprint density at radius 2 is 1.87 bits per heavy atom. The van der Waals surface area contributed by atoms with Gasteiger partial charge in [-0.3, -0.25) is 15.2 Å². The van der Waals surface area contributed by atoms with Gasteiger partial charge in [0.15, 0.2) is 16.0 Å². The topological polar surface area (TPSA) is 133 Å². The Balaban J connectivity index is 1.01. The number of carbonyl (C=O) groups excluding carboxylic acids is 1. The lowest BCUT2D eigenvalue weighted by atomic mass is 9.94. The number of hydrogen-bond donors (Lipinski definition) is 3. The Morgan fingerprint density at radius 1 is 1.00 bits per heavy atom. The van der Waals surface area contributed by atoms with E-state index >= 15 is 0 Å². The molecule has 4 heterocycles. The molecular weight excluding hydrogens is 609 g/mol. The zero-order chi connectivity index (χ0) is 30.8. The summed E-state index contributed by atoms with van der Waals surface area (Å²) in [5.41, 5.74) is 5.58. The van der Waals surface area contributed by atoms with Gasteiger partial charge in [-0.15, -0.1) is 11.3 Å². The Kier molecular flexibility index (Phi) is 7.97. The van der Waals surface area contributed by atoms with E-state index in [1.165, 1.54) is 22.7 Å². The van der Waals surface area contributed by atoms with Crippen LogP contribution in [0.25, 0.3) is 21.3 Å². The molecule has 0 saturated heterocycles. The summed E-state index contributed by atoms with van der Waals surface area (Å²) in [5.74, 6) is -0.507. The Morgan fingerprint density at radius 3 is 2.67 bits per heavy atom. The molecule has 0 unspecified atom stereocenters. The minimum Gasteiger partial charge on any atom is -0.494 e. The van der Waals surface area contributed by atoms with Crippen molar-refractivity contribution in [1.29, 1.82) is 0 Å². The monoisotopic (exact) mass is 636 g/mol. The minimum atomic E-state index is -1.04. The molecule has 6 aromatic rings. The summed E-state index contributed by atoms with van der Waals surface area (Å²) in [6.07, 6.45) is 5.51. The number of amides is 1. The number of carboxylic acids is 1. The molecule has 3 aromatic heterocycles. The van der Waals surface area contributed by atoms with Crippen LogP contribution in [0.15, 0.2) is 79.1 Å². The molecule has 1 aliphatic heterocycles. The lowest BCUT2D eigenvalue weighted by Gasteiger charge is -2.29. The van der Waals surface area contributed by atoms with Gasteiger partial charge in [-0.05, 0) is 66.3 Å². The quantitative estimate of drug-likeness (QED) is 0.142. The van der Waals surface area contributed by atoms with Crippen LogP contribution in [0.5, 0.6) is 5.75 Å². The van der Waals surface area contributed by atoms with E-state index in [1.807, 2.05) is 72.9 Å². The van der Waals surface area contributed by atoms with Gasteiger partial charge in [0.05, 0.1) is 23.0 Å². The van der Waals surface area contributed by atoms with Crippen molar-refractivity contribution >= 4 is 55.0 Å². The van der Waals surface area contributed by atoms with E-state index in [-0.39, 0.29) is 11.6 Å². The van der Waals surface area contributed by atoms with Crippen molar-refractivity contribution in [3.63, 3.8) is 0 Å². The fourth-order valence-electron chi connectivity index (χ4n) is 5.43. The van der Waals surface area contributed by atoms with E-state index in [0.717, 1.165) is 44.6 Å². The Labute approximate surface area is 266 Å². The first kappa shape index (κ1) is 28.7. The van der Waals surface area contributed by atoms with Gasteiger partial charge in [-0.25, -0.2) is 14.8 Å². The number of nitrogens with zero attached hydrogens (tertiary/aromatic N) is 4. The lowest BCUT2D eigenvalue weighted by Crippen LogP contribution is -2.32. The number of rotatable bonds is 10. The maximum absolute atomic E-state index is 13.4. The first-order chi connectivity index (χ1) is 22.0. The summed E-state index contributed by atoms with van der Waals surface area (Å²) < 4.78 is 6.93. The number of carboxylic acid groups (broad SMARTS) is 1. The minimum absolute atomic E-state index is 0.0760. The van der Waals surface area contributed by atoms with Crippen LogP contribution < -0.4 is 15.0 Å². The average Bonchev–Trinajstić information content (AvgIpc) is 3.83. The van der Waals surface area contributed by atoms with Crippen molar-refractivity contribution in [1.82, 2.24) is 20.2 Å². The summed E-state index contributed by atoms with van der Waals surface area (Å²) in [4.78, 5) is 37.4. The van der Waals surface area contributed by atoms with Crippen LogP contribution in [-0.4, -0.2) is 50.3 Å². The summed E-state index contributed by atoms with van der Waals surface area (Å²) in [6, 6.07) is 21.3. The largest absolute Gasteiger partial charge is 0.494 e. The summed E-state index contributed by atoms with van der Waals surface area (Å²) in [5, 5.41) is 20.9. The fraction of sp³-hybridized carbons (Fsp3) is 0.182. The molecule has 3 aromatic carbocycles. The second-order valence-corrected chi connectivity index (χ2v) is 12.7. The van der Waals surface area contributed by atoms with E-state index in [0.29, 0.717) is 53.2 Å². The SMILES string of the molecule is O=C(Nc1nc2ccccc2s1)c1cccc2c1CN(c1nc(C(=O)O)c(CCCOc3ccc(-c4cn[nH]c4)cc3)s1)CC2. The van der Waals surface area contributed by atoms with Gasteiger partial charge in [0.2, 0.25) is 0 Å². The second kappa shape index (κ2) is 12.5. The summed E-state index contributed by atoms with van der Waals surface area (Å²) in [7, 11) is 0. The number of benzene rings is 3. The highest BCUT2D eigenvalue weighted by Crippen LogP contribution is 2.33. The normalized spacial score (nSPS) is 12.7. The van der Waals surface area contributed by atoms with Crippen molar-refractivity contribution in [2.45, 2.75) is 25.8 Å². The van der Waals surface area contributed by atoms with Crippen molar-refractivity contribution in [3.05, 3.63) is 106 Å². The van der Waals surface area contributed by atoms with Gasteiger partial charge >= 0.3 is 5.97 Å². The maximum Gasteiger partial charge on any atom is 0.355 e. The summed E-state index contributed by atoms with van der Waals surface area (Å²) >= 11 is 2.83. The molecule has 7 rings (SSSR count). The van der Waals surface area contributed by atoms with E-state index in [2.05, 4.69) is 30.4 Å². The number of aryl methyl sites for hydroxylation is 1. The van der Waals surface area contributed by atoms with Crippen molar-refractivity contribution < 1.29 is 19.4 Å². The predicted molar refractivity (Wildman–Crippen MR) is 176 cm³/mol. The molecule has 0 radical (unpaired) electrons. The molecule has 0 atom stereocenters. The van der Waals surface area contributed by atoms with Gasteiger partial charge in [-0.1, -0.05) is 47.7 Å². The molecule has 0 bridgehead atoms. The average molecular weight is 637 g/mol. The van der Waals surface area contributed by atoms with Gasteiger partial charge in [0.25, 0.3) is 5.91 Å². The number of anilines is 2. The van der Waals surface area contributed by atoms with Crippen molar-refractivity contribution in [3.8, 4) is 16.9 Å². The molecule has 0 fully saturated rings. The number of para-hydroxylation sites is 1. The number of aromatic amines is 1. The number of fused-ring (bicyclic) bond motifs is 2. The zero-order valence-electron chi connectivity index (χ0n) is 24.0. The molecule has 1 aliphatic rings. The Bertz CT molecular complexity index is 1950. The standard InChI is InChI=1S/C33H28N6O4S2/c40-30(38-32-36-26-7-1-2-8-27(26)44-32)24-6-3-5-21-14-15-39(19-25(21)24)33-37-29(31(41)42)28(45-33)9-4-16-43-23-12-10-20(11-13-23)22-17-34-35-18-22/h1-3,5-8,10-13,17-18H,4,9,14-16,19H2,(H,34,35)(H,41,42)(H,36,38,40). The molecule has 1 amide bonds. The third-order valence-corrected chi connectivity index (χ3v) is 9.82. The third-order valence-electron chi connectivity index (χ3n) is 7.69. The van der Waals surface area contributed by atoms with Gasteiger partial charge in [0.1, 0.15) is 5.75 Å². The predicted octanol–water partition coefficient (Wildman–Crippen LogP) is 6.67. The first-order valence-corrected chi connectivity index (χ1v) is 16.1. The molecule has 226 valence electrons. The molecule has 0 aliphatic carbocycles. The van der Waals surface area contributed by atoms with Crippen LogP contribution in [-0.2, 0) is 19.4 Å². The van der Waals surface area contributed by atoms with Crippen LogP contribution >= 0.6 is 22.7 Å². The van der Waals surface area contributed by atoms with Crippen molar-refractivity contribution in [2.24, 2.45) is 0 Å². The number of nitrogens with one attached hydrogen (secondary N) is 2. The Hall–Kier alpha value is -5.07. The number of carbonyl (C=O) groups is 2. The molecule has 0 saturated carbocycles. The maximum atomic E-state index is 13.4. The van der Waals surface area contributed by atoms with Crippen LogP contribution in [0.3, 0.4) is 0 Å². The number of hydrogen-bond acceptors (Lipinski definition) is 9. The number of thiazole rings is 2. The lowest BCUT2D eigenvalue weighted by molar-refractivity contribution is 0.0690. The number of H-pyrrole nitrogens is 1. The zero-order valence-corrected chi connectivity index (χ0v) is 25.7. The van der Waals surface area contributed by atoms with Crippen LogP contribution in [0, 0.1) is 0 Å². The molecule has 45 heavy (non-hydrogen) atoms. The van der Waals surface area contributed by atoms with Crippen LogP contribution in [0.2, 0.25) is 0 Å². The molecule has 10 nitrogen and oxygen atoms in total. The molecular formula is C33H28N6O4S2. The second-order valence-electron chi connectivity index (χ2n) is 10.6. The highest BCUT2D eigenvalue weighted by Gasteiger charge is 2.26. The van der Waals surface area contributed by atoms with Crippen LogP contribution in [0.4, 0.5) is 10.3 Å². The highest BCUT2D eigenvalue weighted by atomic mass is 32.1. The van der Waals surface area contributed by atoms with Gasteiger partial charge < -0.3 is 14.7 Å². The van der Waals surface area contributed by atoms with Crippen molar-refractivity contribution in [2.75, 3.05) is 23.4 Å². The van der Waals surface area contributed by atoms with E-state index in [9.17, 15) is 14.7 Å². The summed E-state index contributed by atoms with van der Waals surface area (Å²) in [6.45, 7) is 1.59. The van der Waals surface area contributed by atoms with E-state index in [4.69, 9.17) is 4.74 Å². The first-order valence-electron chi connectivity index (χ1n) is 14.5. The molecule has 3 N–H and O–H groups in total. The number of ether oxygens (including phenoxy) is 1. The molecule has 0 spiro atoms. The highest BCUT2D eigenvalue weighted by molar-refractivity contribution is 7.22. The van der Waals surface area contributed by atoms with Crippen LogP contribution in [0.1, 0.15) is 43.3 Å². The van der Waals surface area contributed by atoms with Gasteiger partial charge in [0, 0.05) is 35.3 Å². The smallest absolute Gasteiger partial charge is 0.355 e. The molecule has 12 heteroatoms. The third kappa shape index (κ3) is 6.15. The number of aromatic nitrogens is 4.